The summed E-state index contributed by atoms with van der Waals surface area (Å²) in [5.74, 6) is 1.61. The lowest BCUT2D eigenvalue weighted by Gasteiger charge is -2.38. The van der Waals surface area contributed by atoms with Crippen molar-refractivity contribution in [3.63, 3.8) is 0 Å². The highest BCUT2D eigenvalue weighted by Crippen LogP contribution is 2.32. The standard InChI is InChI=1S/C24H29N3O3S/c1-3-4-16-30-24(28)22(18-8-7-9-19(17-18)29-2)26-12-14-27(15-13-26)23-20-10-5-6-11-21(20)31-25-23/h5-11,17,22H,3-4,12-16H2,1-2H3. The fourth-order valence-corrected chi connectivity index (χ4v) is 4.79. The van der Waals surface area contributed by atoms with E-state index in [4.69, 9.17) is 13.8 Å². The SMILES string of the molecule is CCCCOC(=O)C(c1cccc(OC)c1)N1CCN(c2nsc3ccccc23)CC1. The summed E-state index contributed by atoms with van der Waals surface area (Å²) in [5.41, 5.74) is 0.911. The summed E-state index contributed by atoms with van der Waals surface area (Å²) in [6.45, 7) is 5.70. The molecule has 0 bridgehead atoms. The first-order valence-electron chi connectivity index (χ1n) is 10.8. The molecule has 0 saturated carbocycles. The Morgan fingerprint density at radius 2 is 1.94 bits per heavy atom. The third kappa shape index (κ3) is 4.83. The minimum Gasteiger partial charge on any atom is -0.497 e. The first kappa shape index (κ1) is 21.6. The largest absolute Gasteiger partial charge is 0.497 e. The van der Waals surface area contributed by atoms with Gasteiger partial charge in [-0.05, 0) is 47.8 Å². The maximum Gasteiger partial charge on any atom is 0.328 e. The summed E-state index contributed by atoms with van der Waals surface area (Å²) < 4.78 is 16.9. The van der Waals surface area contributed by atoms with E-state index in [1.807, 2.05) is 30.3 Å². The molecule has 164 valence electrons. The highest BCUT2D eigenvalue weighted by atomic mass is 32.1. The lowest BCUT2D eigenvalue weighted by molar-refractivity contribution is -0.150. The Balaban J connectivity index is 1.51. The molecule has 0 aliphatic carbocycles. The first-order valence-corrected chi connectivity index (χ1v) is 11.6. The predicted molar refractivity (Wildman–Crippen MR) is 125 cm³/mol. The molecule has 0 N–H and O–H groups in total. The number of rotatable bonds is 8. The number of piperazine rings is 1. The van der Waals surface area contributed by atoms with Crippen LogP contribution in [0.15, 0.2) is 48.5 Å². The molecule has 31 heavy (non-hydrogen) atoms. The van der Waals surface area contributed by atoms with Gasteiger partial charge in [-0.1, -0.05) is 37.6 Å². The number of fused-ring (bicyclic) bond motifs is 1. The molecule has 1 aromatic heterocycles. The summed E-state index contributed by atoms with van der Waals surface area (Å²) >= 11 is 1.54. The van der Waals surface area contributed by atoms with Crippen molar-refractivity contribution in [2.75, 3.05) is 44.8 Å². The number of methoxy groups -OCH3 is 1. The van der Waals surface area contributed by atoms with E-state index in [9.17, 15) is 4.79 Å². The zero-order chi connectivity index (χ0) is 21.6. The van der Waals surface area contributed by atoms with E-state index >= 15 is 0 Å². The Morgan fingerprint density at radius 1 is 1.13 bits per heavy atom. The van der Waals surface area contributed by atoms with Gasteiger partial charge in [0.1, 0.15) is 17.6 Å². The molecular formula is C24H29N3O3S. The molecule has 7 heteroatoms. The molecule has 1 unspecified atom stereocenters. The second-order valence-electron chi connectivity index (χ2n) is 7.73. The molecule has 1 fully saturated rings. The molecule has 1 aliphatic rings. The Morgan fingerprint density at radius 3 is 2.71 bits per heavy atom. The number of unbranched alkanes of at least 4 members (excludes halogenated alkanes) is 1. The lowest BCUT2D eigenvalue weighted by Crippen LogP contribution is -2.49. The van der Waals surface area contributed by atoms with Gasteiger partial charge in [0.25, 0.3) is 0 Å². The fourth-order valence-electron chi connectivity index (χ4n) is 4.00. The maximum absolute atomic E-state index is 13.1. The van der Waals surface area contributed by atoms with Crippen LogP contribution in [0.2, 0.25) is 0 Å². The molecule has 1 aliphatic heterocycles. The van der Waals surface area contributed by atoms with E-state index < -0.39 is 6.04 Å². The highest BCUT2D eigenvalue weighted by molar-refractivity contribution is 7.13. The van der Waals surface area contributed by atoms with Gasteiger partial charge in [-0.25, -0.2) is 4.79 Å². The maximum atomic E-state index is 13.1. The van der Waals surface area contributed by atoms with Crippen LogP contribution in [0.4, 0.5) is 5.82 Å². The molecule has 0 amide bonds. The molecule has 0 radical (unpaired) electrons. The van der Waals surface area contributed by atoms with Crippen LogP contribution in [-0.4, -0.2) is 55.1 Å². The Labute approximate surface area is 187 Å². The van der Waals surface area contributed by atoms with Crippen molar-refractivity contribution >= 4 is 33.4 Å². The number of nitrogens with zero attached hydrogens (tertiary/aromatic N) is 3. The van der Waals surface area contributed by atoms with Crippen LogP contribution in [-0.2, 0) is 9.53 Å². The van der Waals surface area contributed by atoms with E-state index in [-0.39, 0.29) is 5.97 Å². The smallest absolute Gasteiger partial charge is 0.328 e. The minimum atomic E-state index is -0.429. The summed E-state index contributed by atoms with van der Waals surface area (Å²) in [6.07, 6.45) is 1.87. The number of carbonyl (C=O) groups excluding carboxylic acids is 1. The van der Waals surface area contributed by atoms with Crippen LogP contribution in [0, 0.1) is 0 Å². The van der Waals surface area contributed by atoms with E-state index in [2.05, 4.69) is 34.9 Å². The molecule has 1 saturated heterocycles. The zero-order valence-electron chi connectivity index (χ0n) is 18.1. The molecule has 3 aromatic rings. The monoisotopic (exact) mass is 439 g/mol. The Bertz CT molecular complexity index is 1010. The number of ether oxygens (including phenoxy) is 2. The number of hydrogen-bond acceptors (Lipinski definition) is 7. The number of esters is 1. The van der Waals surface area contributed by atoms with Gasteiger partial charge in [-0.3, -0.25) is 4.90 Å². The first-order chi connectivity index (χ1) is 15.2. The van der Waals surface area contributed by atoms with Crippen molar-refractivity contribution in [1.29, 1.82) is 0 Å². The summed E-state index contributed by atoms with van der Waals surface area (Å²) in [7, 11) is 1.64. The quantitative estimate of drug-likeness (QED) is 0.380. The van der Waals surface area contributed by atoms with Crippen molar-refractivity contribution in [2.24, 2.45) is 0 Å². The second-order valence-corrected chi connectivity index (χ2v) is 8.53. The highest BCUT2D eigenvalue weighted by Gasteiger charge is 2.32. The number of anilines is 1. The summed E-state index contributed by atoms with van der Waals surface area (Å²) in [6, 6.07) is 15.7. The third-order valence-corrected chi connectivity index (χ3v) is 6.53. The van der Waals surface area contributed by atoms with Gasteiger partial charge in [0, 0.05) is 31.6 Å². The summed E-state index contributed by atoms with van der Waals surface area (Å²) in [4.78, 5) is 17.6. The van der Waals surface area contributed by atoms with Crippen LogP contribution in [0.25, 0.3) is 10.1 Å². The third-order valence-electron chi connectivity index (χ3n) is 5.71. The van der Waals surface area contributed by atoms with Gasteiger partial charge >= 0.3 is 5.97 Å². The lowest BCUT2D eigenvalue weighted by atomic mass is 10.0. The van der Waals surface area contributed by atoms with Gasteiger partial charge in [0.2, 0.25) is 0 Å². The van der Waals surface area contributed by atoms with Crippen LogP contribution in [0.3, 0.4) is 0 Å². The topological polar surface area (TPSA) is 54.9 Å². The van der Waals surface area contributed by atoms with Gasteiger partial charge in [-0.2, -0.15) is 4.37 Å². The van der Waals surface area contributed by atoms with Crippen LogP contribution >= 0.6 is 11.5 Å². The molecular weight excluding hydrogens is 410 g/mol. The van der Waals surface area contributed by atoms with E-state index in [0.717, 1.165) is 56.2 Å². The molecule has 1 atom stereocenters. The number of hydrogen-bond donors (Lipinski definition) is 0. The van der Waals surface area contributed by atoms with E-state index in [1.165, 1.54) is 21.6 Å². The normalized spacial score (nSPS) is 15.7. The second kappa shape index (κ2) is 10.1. The molecule has 2 aromatic carbocycles. The van der Waals surface area contributed by atoms with Crippen molar-refractivity contribution in [1.82, 2.24) is 9.27 Å². The molecule has 6 nitrogen and oxygen atoms in total. The Hall–Kier alpha value is -2.64. The molecule has 4 rings (SSSR count). The number of aromatic nitrogens is 1. The minimum absolute atomic E-state index is 0.186. The molecule has 2 heterocycles. The number of benzene rings is 2. The van der Waals surface area contributed by atoms with E-state index in [1.54, 1.807) is 7.11 Å². The van der Waals surface area contributed by atoms with Gasteiger partial charge in [0.15, 0.2) is 0 Å². The zero-order valence-corrected chi connectivity index (χ0v) is 18.9. The summed E-state index contributed by atoms with van der Waals surface area (Å²) in [5, 5.41) is 1.20. The van der Waals surface area contributed by atoms with Crippen LogP contribution < -0.4 is 9.64 Å². The van der Waals surface area contributed by atoms with Crippen molar-refractivity contribution < 1.29 is 14.3 Å². The van der Waals surface area contributed by atoms with Crippen LogP contribution in [0.5, 0.6) is 5.75 Å². The van der Waals surface area contributed by atoms with Gasteiger partial charge in [0.05, 0.1) is 18.4 Å². The predicted octanol–water partition coefficient (Wildman–Crippen LogP) is 4.51. The van der Waals surface area contributed by atoms with Crippen molar-refractivity contribution in [3.8, 4) is 5.75 Å². The van der Waals surface area contributed by atoms with E-state index in [0.29, 0.717) is 6.61 Å². The fraction of sp³-hybridized carbons (Fsp3) is 0.417. The number of carbonyl (C=O) groups is 1. The average Bonchev–Trinajstić information content (AvgIpc) is 3.24. The Kier molecular flexibility index (Phi) is 7.04. The van der Waals surface area contributed by atoms with Crippen molar-refractivity contribution in [3.05, 3.63) is 54.1 Å². The average molecular weight is 440 g/mol. The van der Waals surface area contributed by atoms with Crippen molar-refractivity contribution in [2.45, 2.75) is 25.8 Å². The van der Waals surface area contributed by atoms with Gasteiger partial charge in [-0.15, -0.1) is 0 Å². The van der Waals surface area contributed by atoms with Crippen LogP contribution in [0.1, 0.15) is 31.4 Å². The molecule has 0 spiro atoms. The van der Waals surface area contributed by atoms with Gasteiger partial charge < -0.3 is 14.4 Å².